The summed E-state index contributed by atoms with van der Waals surface area (Å²) in [5.74, 6) is 0. The number of unbranched alkanes of at least 4 members (excludes halogenated alkanes) is 1. The maximum Gasteiger partial charge on any atom is 0.0462 e. The SMILES string of the molecule is COCCCCNCC(C)N(C)C. The molecule has 0 amide bonds. The molecule has 0 fully saturated rings. The zero-order chi connectivity index (χ0) is 10.1. The van der Waals surface area contributed by atoms with Crippen LogP contribution in [0.4, 0.5) is 0 Å². The van der Waals surface area contributed by atoms with Crippen molar-refractivity contribution in [3.05, 3.63) is 0 Å². The predicted molar refractivity (Wildman–Crippen MR) is 57.1 cm³/mol. The van der Waals surface area contributed by atoms with Crippen LogP contribution in [0, 0.1) is 0 Å². The summed E-state index contributed by atoms with van der Waals surface area (Å²) in [6.07, 6.45) is 2.35. The van der Waals surface area contributed by atoms with Crippen LogP contribution in [0.1, 0.15) is 19.8 Å². The molecule has 0 aliphatic carbocycles. The zero-order valence-corrected chi connectivity index (χ0v) is 9.47. The summed E-state index contributed by atoms with van der Waals surface area (Å²) in [6.45, 7) is 5.27. The molecule has 1 atom stereocenters. The molecule has 3 heteroatoms. The number of ether oxygens (including phenoxy) is 1. The van der Waals surface area contributed by atoms with Crippen LogP contribution < -0.4 is 5.32 Å². The molecule has 0 aliphatic rings. The third kappa shape index (κ3) is 8.22. The van der Waals surface area contributed by atoms with E-state index in [-0.39, 0.29) is 0 Å². The monoisotopic (exact) mass is 188 g/mol. The van der Waals surface area contributed by atoms with E-state index in [2.05, 4.69) is 31.2 Å². The van der Waals surface area contributed by atoms with Gasteiger partial charge in [-0.25, -0.2) is 0 Å². The highest BCUT2D eigenvalue weighted by atomic mass is 16.5. The van der Waals surface area contributed by atoms with Gasteiger partial charge < -0.3 is 15.0 Å². The average Bonchev–Trinajstić information content (AvgIpc) is 2.10. The minimum absolute atomic E-state index is 0.613. The zero-order valence-electron chi connectivity index (χ0n) is 9.47. The summed E-state index contributed by atoms with van der Waals surface area (Å²) in [6, 6.07) is 0.613. The number of nitrogens with zero attached hydrogens (tertiary/aromatic N) is 1. The van der Waals surface area contributed by atoms with Crippen molar-refractivity contribution in [3.63, 3.8) is 0 Å². The molecule has 80 valence electrons. The first-order valence-corrected chi connectivity index (χ1v) is 5.04. The summed E-state index contributed by atoms with van der Waals surface area (Å²) >= 11 is 0. The molecule has 13 heavy (non-hydrogen) atoms. The second-order valence-electron chi connectivity index (χ2n) is 3.72. The fraction of sp³-hybridized carbons (Fsp3) is 1.00. The Hall–Kier alpha value is -0.120. The maximum atomic E-state index is 4.97. The lowest BCUT2D eigenvalue weighted by molar-refractivity contribution is 0.192. The van der Waals surface area contributed by atoms with Gasteiger partial charge in [0.1, 0.15) is 0 Å². The summed E-state index contributed by atoms with van der Waals surface area (Å²) in [4.78, 5) is 2.22. The van der Waals surface area contributed by atoms with Crippen molar-refractivity contribution in [3.8, 4) is 0 Å². The van der Waals surface area contributed by atoms with Gasteiger partial charge in [-0.1, -0.05) is 0 Å². The molecular weight excluding hydrogens is 164 g/mol. The minimum atomic E-state index is 0.613. The van der Waals surface area contributed by atoms with Gasteiger partial charge in [0.2, 0.25) is 0 Å². The molecule has 0 aromatic carbocycles. The first-order valence-electron chi connectivity index (χ1n) is 5.04. The number of methoxy groups -OCH3 is 1. The number of likely N-dealkylation sites (N-methyl/N-ethyl adjacent to an activating group) is 1. The Morgan fingerprint density at radius 2 is 2.00 bits per heavy atom. The summed E-state index contributed by atoms with van der Waals surface area (Å²) in [5, 5.41) is 3.43. The van der Waals surface area contributed by atoms with Gasteiger partial charge in [0.15, 0.2) is 0 Å². The Balaban J connectivity index is 3.07. The van der Waals surface area contributed by atoms with Gasteiger partial charge in [0, 0.05) is 26.3 Å². The number of hydrogen-bond donors (Lipinski definition) is 1. The van der Waals surface area contributed by atoms with Gasteiger partial charge in [0.25, 0.3) is 0 Å². The lowest BCUT2D eigenvalue weighted by atomic mass is 10.3. The fourth-order valence-electron chi connectivity index (χ4n) is 0.990. The number of hydrogen-bond acceptors (Lipinski definition) is 3. The van der Waals surface area contributed by atoms with Crippen LogP contribution in [0.25, 0.3) is 0 Å². The minimum Gasteiger partial charge on any atom is -0.385 e. The predicted octanol–water partition coefficient (Wildman–Crippen LogP) is 0.953. The van der Waals surface area contributed by atoms with Crippen LogP contribution in [0.3, 0.4) is 0 Å². The van der Waals surface area contributed by atoms with E-state index in [0.717, 1.165) is 26.1 Å². The van der Waals surface area contributed by atoms with E-state index in [0.29, 0.717) is 6.04 Å². The van der Waals surface area contributed by atoms with Gasteiger partial charge in [-0.05, 0) is 40.4 Å². The molecule has 0 aromatic rings. The van der Waals surface area contributed by atoms with E-state index < -0.39 is 0 Å². The molecule has 1 unspecified atom stereocenters. The topological polar surface area (TPSA) is 24.5 Å². The molecular formula is C10H24N2O. The van der Waals surface area contributed by atoms with Crippen LogP contribution in [0.15, 0.2) is 0 Å². The highest BCUT2D eigenvalue weighted by Crippen LogP contribution is 1.90. The van der Waals surface area contributed by atoms with E-state index in [1.54, 1.807) is 7.11 Å². The largest absolute Gasteiger partial charge is 0.385 e. The number of nitrogens with one attached hydrogen (secondary N) is 1. The molecule has 0 aromatic heterocycles. The standard InChI is InChI=1S/C10H24N2O/c1-10(12(2)3)9-11-7-5-6-8-13-4/h10-11H,5-9H2,1-4H3. The molecule has 0 spiro atoms. The van der Waals surface area contributed by atoms with Crippen molar-refractivity contribution in [1.82, 2.24) is 10.2 Å². The third-order valence-corrected chi connectivity index (χ3v) is 2.27. The van der Waals surface area contributed by atoms with E-state index in [9.17, 15) is 0 Å². The molecule has 0 saturated heterocycles. The van der Waals surface area contributed by atoms with Crippen molar-refractivity contribution in [1.29, 1.82) is 0 Å². The Morgan fingerprint density at radius 1 is 1.31 bits per heavy atom. The van der Waals surface area contributed by atoms with Gasteiger partial charge in [-0.3, -0.25) is 0 Å². The van der Waals surface area contributed by atoms with Crippen LogP contribution in [0.5, 0.6) is 0 Å². The Bertz CT molecular complexity index is 107. The summed E-state index contributed by atoms with van der Waals surface area (Å²) in [7, 11) is 5.97. The smallest absolute Gasteiger partial charge is 0.0462 e. The first kappa shape index (κ1) is 12.9. The number of rotatable bonds is 8. The molecule has 0 rings (SSSR count). The van der Waals surface area contributed by atoms with Gasteiger partial charge >= 0.3 is 0 Å². The quantitative estimate of drug-likeness (QED) is 0.574. The first-order chi connectivity index (χ1) is 6.18. The van der Waals surface area contributed by atoms with Crippen LogP contribution in [-0.4, -0.2) is 51.8 Å². The van der Waals surface area contributed by atoms with E-state index in [1.165, 1.54) is 6.42 Å². The average molecular weight is 188 g/mol. The molecule has 3 nitrogen and oxygen atoms in total. The maximum absolute atomic E-state index is 4.97. The van der Waals surface area contributed by atoms with E-state index >= 15 is 0 Å². The summed E-state index contributed by atoms with van der Waals surface area (Å²) in [5.41, 5.74) is 0. The molecule has 0 heterocycles. The summed E-state index contributed by atoms with van der Waals surface area (Å²) < 4.78 is 4.97. The Kier molecular flexibility index (Phi) is 8.40. The normalized spacial score (nSPS) is 13.6. The molecule has 0 bridgehead atoms. The highest BCUT2D eigenvalue weighted by molar-refractivity contribution is 4.62. The van der Waals surface area contributed by atoms with Crippen molar-refractivity contribution in [2.75, 3.05) is 40.9 Å². The van der Waals surface area contributed by atoms with Gasteiger partial charge in [-0.15, -0.1) is 0 Å². The van der Waals surface area contributed by atoms with Crippen molar-refractivity contribution >= 4 is 0 Å². The van der Waals surface area contributed by atoms with E-state index in [4.69, 9.17) is 4.74 Å². The lowest BCUT2D eigenvalue weighted by Crippen LogP contribution is -2.35. The fourth-order valence-corrected chi connectivity index (χ4v) is 0.990. The van der Waals surface area contributed by atoms with Crippen LogP contribution in [-0.2, 0) is 4.74 Å². The van der Waals surface area contributed by atoms with E-state index in [1.807, 2.05) is 0 Å². The molecule has 0 saturated carbocycles. The van der Waals surface area contributed by atoms with Crippen molar-refractivity contribution < 1.29 is 4.74 Å². The van der Waals surface area contributed by atoms with Gasteiger partial charge in [-0.2, -0.15) is 0 Å². The van der Waals surface area contributed by atoms with Crippen molar-refractivity contribution in [2.24, 2.45) is 0 Å². The lowest BCUT2D eigenvalue weighted by Gasteiger charge is -2.19. The second kappa shape index (κ2) is 8.48. The molecule has 0 radical (unpaired) electrons. The molecule has 1 N–H and O–H groups in total. The van der Waals surface area contributed by atoms with Crippen molar-refractivity contribution in [2.45, 2.75) is 25.8 Å². The van der Waals surface area contributed by atoms with Crippen LogP contribution in [0.2, 0.25) is 0 Å². The molecule has 0 aliphatic heterocycles. The van der Waals surface area contributed by atoms with Crippen LogP contribution >= 0.6 is 0 Å². The third-order valence-electron chi connectivity index (χ3n) is 2.27. The van der Waals surface area contributed by atoms with Gasteiger partial charge in [0.05, 0.1) is 0 Å². The highest BCUT2D eigenvalue weighted by Gasteiger charge is 2.01. The Morgan fingerprint density at radius 3 is 2.54 bits per heavy atom. The second-order valence-corrected chi connectivity index (χ2v) is 3.72. The Labute approximate surface area is 82.4 Å².